The number of carbonyl (C=O) groups is 1. The lowest BCUT2D eigenvalue weighted by Crippen LogP contribution is -2.09. The fraction of sp³-hybridized carbons (Fsp3) is 0.0526. The summed E-state index contributed by atoms with van der Waals surface area (Å²) in [5.41, 5.74) is 1.15. The van der Waals surface area contributed by atoms with Crippen LogP contribution >= 0.6 is 0 Å². The highest BCUT2D eigenvalue weighted by atomic mass is 16.1. The van der Waals surface area contributed by atoms with Gasteiger partial charge in [-0.05, 0) is 17.7 Å². The molecule has 0 aliphatic heterocycles. The van der Waals surface area contributed by atoms with Gasteiger partial charge in [-0.15, -0.1) is 0 Å². The molecule has 114 valence electrons. The maximum Gasteiger partial charge on any atom is 0.169 e. The SMILES string of the molecule is N#CC(C#N)=C(C#N)Nc1ccccc1C(=O)Cc1ccccc1. The maximum absolute atomic E-state index is 12.5. The van der Waals surface area contributed by atoms with Crippen LogP contribution in [0, 0.1) is 34.0 Å². The molecule has 5 nitrogen and oxygen atoms in total. The summed E-state index contributed by atoms with van der Waals surface area (Å²) in [5.74, 6) is -0.128. The van der Waals surface area contributed by atoms with Gasteiger partial charge in [-0.25, -0.2) is 0 Å². The average molecular weight is 312 g/mol. The van der Waals surface area contributed by atoms with Gasteiger partial charge in [-0.2, -0.15) is 15.8 Å². The Kier molecular flexibility index (Phi) is 5.45. The van der Waals surface area contributed by atoms with Crippen LogP contribution < -0.4 is 5.32 Å². The molecule has 2 aromatic rings. The Morgan fingerprint density at radius 2 is 1.50 bits per heavy atom. The summed E-state index contributed by atoms with van der Waals surface area (Å²) in [6.45, 7) is 0. The Balaban J connectivity index is 2.33. The third-order valence-corrected chi connectivity index (χ3v) is 3.28. The first-order valence-electron chi connectivity index (χ1n) is 7.07. The number of nitrogens with one attached hydrogen (secondary N) is 1. The number of anilines is 1. The van der Waals surface area contributed by atoms with Crippen molar-refractivity contribution >= 4 is 11.5 Å². The molecular formula is C19H12N4O. The zero-order valence-electron chi connectivity index (χ0n) is 12.7. The van der Waals surface area contributed by atoms with Gasteiger partial charge in [0.25, 0.3) is 0 Å². The van der Waals surface area contributed by atoms with Gasteiger partial charge in [-0.1, -0.05) is 42.5 Å². The summed E-state index contributed by atoms with van der Waals surface area (Å²) in [6.07, 6.45) is 0.217. The van der Waals surface area contributed by atoms with Crippen molar-refractivity contribution in [3.8, 4) is 18.2 Å². The molecule has 0 bridgehead atoms. The van der Waals surface area contributed by atoms with Crippen molar-refractivity contribution in [3.05, 3.63) is 77.0 Å². The van der Waals surface area contributed by atoms with Crippen LogP contribution in [0.2, 0.25) is 0 Å². The van der Waals surface area contributed by atoms with Crippen molar-refractivity contribution in [1.82, 2.24) is 0 Å². The van der Waals surface area contributed by atoms with E-state index in [0.717, 1.165) is 5.56 Å². The molecule has 0 saturated carbocycles. The van der Waals surface area contributed by atoms with Gasteiger partial charge in [0.1, 0.15) is 23.9 Å². The van der Waals surface area contributed by atoms with E-state index in [1.54, 1.807) is 42.5 Å². The lowest BCUT2D eigenvalue weighted by molar-refractivity contribution is 0.0994. The number of allylic oxidation sites excluding steroid dienone is 2. The molecule has 0 saturated heterocycles. The van der Waals surface area contributed by atoms with Crippen molar-refractivity contribution in [3.63, 3.8) is 0 Å². The number of Topliss-reactive ketones (excluding diaryl/α,β-unsaturated/α-hetero) is 1. The zero-order chi connectivity index (χ0) is 17.4. The minimum absolute atomic E-state index is 0.128. The largest absolute Gasteiger partial charge is 0.345 e. The zero-order valence-corrected chi connectivity index (χ0v) is 12.7. The fourth-order valence-corrected chi connectivity index (χ4v) is 2.13. The molecule has 0 heterocycles. The van der Waals surface area contributed by atoms with Crippen LogP contribution in [0.3, 0.4) is 0 Å². The van der Waals surface area contributed by atoms with Crippen LogP contribution in [-0.2, 0) is 6.42 Å². The third-order valence-electron chi connectivity index (χ3n) is 3.28. The second-order valence-corrected chi connectivity index (χ2v) is 4.84. The van der Waals surface area contributed by atoms with Gasteiger partial charge in [0, 0.05) is 17.7 Å². The van der Waals surface area contributed by atoms with E-state index in [2.05, 4.69) is 5.32 Å². The molecule has 0 aliphatic rings. The number of nitrogens with zero attached hydrogens (tertiary/aromatic N) is 3. The number of para-hydroxylation sites is 1. The Hall–Kier alpha value is -3.88. The van der Waals surface area contributed by atoms with E-state index in [9.17, 15) is 4.79 Å². The molecule has 24 heavy (non-hydrogen) atoms. The predicted molar refractivity (Wildman–Crippen MR) is 88.4 cm³/mol. The van der Waals surface area contributed by atoms with Crippen LogP contribution in [0.1, 0.15) is 15.9 Å². The topological polar surface area (TPSA) is 100 Å². The van der Waals surface area contributed by atoms with Crippen LogP contribution in [-0.4, -0.2) is 5.78 Å². The number of benzene rings is 2. The van der Waals surface area contributed by atoms with Gasteiger partial charge in [0.05, 0.1) is 0 Å². The van der Waals surface area contributed by atoms with Crippen LogP contribution in [0.15, 0.2) is 65.9 Å². The molecule has 0 atom stereocenters. The van der Waals surface area contributed by atoms with E-state index in [0.29, 0.717) is 11.3 Å². The van der Waals surface area contributed by atoms with Crippen molar-refractivity contribution in [2.45, 2.75) is 6.42 Å². The first-order valence-corrected chi connectivity index (χ1v) is 7.07. The van der Waals surface area contributed by atoms with Gasteiger partial charge in [-0.3, -0.25) is 4.79 Å². The highest BCUT2D eigenvalue weighted by Gasteiger charge is 2.14. The van der Waals surface area contributed by atoms with Crippen molar-refractivity contribution < 1.29 is 4.79 Å². The smallest absolute Gasteiger partial charge is 0.169 e. The average Bonchev–Trinajstić information content (AvgIpc) is 2.63. The van der Waals surface area contributed by atoms with E-state index in [1.807, 2.05) is 30.3 Å². The molecule has 1 N–H and O–H groups in total. The van der Waals surface area contributed by atoms with Crippen LogP contribution in [0.4, 0.5) is 5.69 Å². The van der Waals surface area contributed by atoms with E-state index in [1.165, 1.54) is 0 Å². The number of carbonyl (C=O) groups excluding carboxylic acids is 1. The normalized spacial score (nSPS) is 9.04. The quantitative estimate of drug-likeness (QED) is 0.674. The molecule has 0 fully saturated rings. The van der Waals surface area contributed by atoms with E-state index in [4.69, 9.17) is 15.8 Å². The predicted octanol–water partition coefficient (Wildman–Crippen LogP) is 3.35. The molecular weight excluding hydrogens is 300 g/mol. The van der Waals surface area contributed by atoms with Crippen LogP contribution in [0.25, 0.3) is 0 Å². The van der Waals surface area contributed by atoms with Gasteiger partial charge in [0.2, 0.25) is 0 Å². The number of hydrogen-bond donors (Lipinski definition) is 1. The number of ketones is 1. The van der Waals surface area contributed by atoms with Crippen molar-refractivity contribution in [2.75, 3.05) is 5.32 Å². The van der Waals surface area contributed by atoms with Gasteiger partial charge >= 0.3 is 0 Å². The molecule has 2 rings (SSSR count). The molecule has 0 unspecified atom stereocenters. The number of rotatable bonds is 5. The summed E-state index contributed by atoms with van der Waals surface area (Å²) in [4.78, 5) is 12.5. The minimum Gasteiger partial charge on any atom is -0.345 e. The first kappa shape index (κ1) is 16.5. The molecule has 0 spiro atoms. The van der Waals surface area contributed by atoms with Gasteiger partial charge < -0.3 is 5.32 Å². The molecule has 0 aliphatic carbocycles. The summed E-state index contributed by atoms with van der Waals surface area (Å²) < 4.78 is 0. The Morgan fingerprint density at radius 3 is 2.12 bits per heavy atom. The van der Waals surface area contributed by atoms with E-state index < -0.39 is 0 Å². The van der Waals surface area contributed by atoms with Crippen LogP contribution in [0.5, 0.6) is 0 Å². The lowest BCUT2D eigenvalue weighted by Gasteiger charge is -2.10. The highest BCUT2D eigenvalue weighted by molar-refractivity contribution is 6.02. The minimum atomic E-state index is -0.331. The summed E-state index contributed by atoms with van der Waals surface area (Å²) in [7, 11) is 0. The number of hydrogen-bond acceptors (Lipinski definition) is 5. The second kappa shape index (κ2) is 7.94. The lowest BCUT2D eigenvalue weighted by atomic mass is 10.0. The molecule has 2 aromatic carbocycles. The van der Waals surface area contributed by atoms with E-state index in [-0.39, 0.29) is 23.5 Å². The summed E-state index contributed by atoms with van der Waals surface area (Å²) in [6, 6.07) is 21.1. The van der Waals surface area contributed by atoms with E-state index >= 15 is 0 Å². The molecule has 5 heteroatoms. The Bertz CT molecular complexity index is 893. The third kappa shape index (κ3) is 3.85. The monoisotopic (exact) mass is 312 g/mol. The molecule has 0 amide bonds. The van der Waals surface area contributed by atoms with Crippen molar-refractivity contribution in [2.24, 2.45) is 0 Å². The molecule has 0 aromatic heterocycles. The highest BCUT2D eigenvalue weighted by Crippen LogP contribution is 2.20. The number of nitriles is 3. The Labute approximate surface area is 139 Å². The first-order chi connectivity index (χ1) is 11.7. The summed E-state index contributed by atoms with van der Waals surface area (Å²) in [5, 5.41) is 29.6. The molecule has 0 radical (unpaired) electrons. The van der Waals surface area contributed by atoms with Crippen molar-refractivity contribution in [1.29, 1.82) is 15.8 Å². The Morgan fingerprint density at radius 1 is 0.875 bits per heavy atom. The maximum atomic E-state index is 12.5. The summed E-state index contributed by atoms with van der Waals surface area (Å²) >= 11 is 0. The second-order valence-electron chi connectivity index (χ2n) is 4.84. The van der Waals surface area contributed by atoms with Gasteiger partial charge in [0.15, 0.2) is 11.4 Å². The fourth-order valence-electron chi connectivity index (χ4n) is 2.13. The standard InChI is InChI=1S/C19H12N4O/c20-11-15(12-21)18(13-22)23-17-9-5-4-8-16(17)19(24)10-14-6-2-1-3-7-14/h1-9,23H,10H2.